The quantitative estimate of drug-likeness (QED) is 0.821. The van der Waals surface area contributed by atoms with Gasteiger partial charge in [0, 0.05) is 49.8 Å². The molecule has 1 saturated heterocycles. The molecule has 1 aromatic heterocycles. The number of rotatable bonds is 4. The zero-order valence-corrected chi connectivity index (χ0v) is 16.5. The normalized spacial score (nSPS) is 15.0. The zero-order chi connectivity index (χ0) is 18.4. The van der Waals surface area contributed by atoms with Crippen molar-refractivity contribution in [3.05, 3.63) is 22.8 Å². The number of carbonyl (C=O) groups excluding carboxylic acids is 2. The number of hydrogen-bond donors (Lipinski definition) is 1. The van der Waals surface area contributed by atoms with Crippen LogP contribution >= 0.6 is 15.9 Å². The van der Waals surface area contributed by atoms with Gasteiger partial charge in [-0.15, -0.1) is 0 Å². The Morgan fingerprint density at radius 2 is 1.92 bits per heavy atom. The van der Waals surface area contributed by atoms with Gasteiger partial charge in [0.05, 0.1) is 0 Å². The maximum Gasteiger partial charge on any atom is 0.407 e. The van der Waals surface area contributed by atoms with Crippen LogP contribution in [0, 0.1) is 0 Å². The van der Waals surface area contributed by atoms with E-state index in [0.29, 0.717) is 13.1 Å². The highest BCUT2D eigenvalue weighted by molar-refractivity contribution is 9.10. The minimum absolute atomic E-state index is 0.0412. The van der Waals surface area contributed by atoms with Gasteiger partial charge in [-0.05, 0) is 48.8 Å². The van der Waals surface area contributed by atoms with Crippen LogP contribution in [-0.4, -0.2) is 60.2 Å². The van der Waals surface area contributed by atoms with Gasteiger partial charge in [-0.25, -0.2) is 9.78 Å². The van der Waals surface area contributed by atoms with Crippen molar-refractivity contribution in [2.24, 2.45) is 0 Å². The van der Waals surface area contributed by atoms with E-state index in [1.165, 1.54) is 0 Å². The molecule has 2 amide bonds. The van der Waals surface area contributed by atoms with Gasteiger partial charge < -0.3 is 19.9 Å². The molecule has 1 fully saturated rings. The maximum absolute atomic E-state index is 12.2. The first kappa shape index (κ1) is 19.5. The average molecular weight is 413 g/mol. The molecule has 2 heterocycles. The second kappa shape index (κ2) is 8.51. The molecule has 0 aliphatic carbocycles. The van der Waals surface area contributed by atoms with E-state index in [1.54, 1.807) is 27.0 Å². The number of halogens is 1. The molecule has 1 aliphatic heterocycles. The number of pyridine rings is 1. The summed E-state index contributed by atoms with van der Waals surface area (Å²) in [6.45, 7) is 8.50. The molecular formula is C17H25BrN4O3. The largest absolute Gasteiger partial charge is 0.444 e. The number of carbonyl (C=O) groups is 2. The number of anilines is 1. The lowest BCUT2D eigenvalue weighted by atomic mass is 10.2. The van der Waals surface area contributed by atoms with Gasteiger partial charge in [-0.2, -0.15) is 0 Å². The van der Waals surface area contributed by atoms with E-state index in [-0.39, 0.29) is 18.9 Å². The van der Waals surface area contributed by atoms with Crippen molar-refractivity contribution >= 4 is 33.7 Å². The average Bonchev–Trinajstić information content (AvgIpc) is 2.54. The van der Waals surface area contributed by atoms with Crippen LogP contribution in [0.25, 0.3) is 0 Å². The van der Waals surface area contributed by atoms with E-state index < -0.39 is 11.7 Å². The first-order valence-electron chi connectivity index (χ1n) is 8.36. The highest BCUT2D eigenvalue weighted by Gasteiger charge is 2.22. The Balaban J connectivity index is 1.70. The summed E-state index contributed by atoms with van der Waals surface area (Å²) >= 11 is 3.38. The Labute approximate surface area is 156 Å². The predicted octanol–water partition coefficient (Wildman–Crippen LogP) is 2.41. The van der Waals surface area contributed by atoms with Gasteiger partial charge in [0.2, 0.25) is 5.91 Å². The Morgan fingerprint density at radius 1 is 1.24 bits per heavy atom. The van der Waals surface area contributed by atoms with Crippen molar-refractivity contribution in [1.29, 1.82) is 0 Å². The van der Waals surface area contributed by atoms with Crippen LogP contribution in [0.15, 0.2) is 22.8 Å². The molecule has 0 aromatic carbocycles. The Hall–Kier alpha value is -1.83. The highest BCUT2D eigenvalue weighted by Crippen LogP contribution is 2.16. The maximum atomic E-state index is 12.2. The molecule has 1 N–H and O–H groups in total. The fourth-order valence-corrected chi connectivity index (χ4v) is 2.72. The van der Waals surface area contributed by atoms with Crippen LogP contribution < -0.4 is 10.2 Å². The lowest BCUT2D eigenvalue weighted by Gasteiger charge is -2.35. The molecule has 138 valence electrons. The number of nitrogens with zero attached hydrogens (tertiary/aromatic N) is 3. The summed E-state index contributed by atoms with van der Waals surface area (Å²) in [6, 6.07) is 3.93. The third kappa shape index (κ3) is 6.53. The van der Waals surface area contributed by atoms with Gasteiger partial charge in [-0.3, -0.25) is 4.79 Å². The van der Waals surface area contributed by atoms with Gasteiger partial charge in [0.1, 0.15) is 11.4 Å². The van der Waals surface area contributed by atoms with Crippen molar-refractivity contribution in [3.63, 3.8) is 0 Å². The number of piperazine rings is 1. The molecule has 25 heavy (non-hydrogen) atoms. The lowest BCUT2D eigenvalue weighted by molar-refractivity contribution is -0.131. The fraction of sp³-hybridized carbons (Fsp3) is 0.588. The number of ether oxygens (including phenoxy) is 1. The molecule has 0 spiro atoms. The summed E-state index contributed by atoms with van der Waals surface area (Å²) in [5.74, 6) is 0.960. The highest BCUT2D eigenvalue weighted by atomic mass is 79.9. The van der Waals surface area contributed by atoms with Gasteiger partial charge in [0.15, 0.2) is 0 Å². The summed E-state index contributed by atoms with van der Waals surface area (Å²) in [5.41, 5.74) is -0.536. The standard InChI is InChI=1S/C17H25BrN4O3/c1-17(2,3)25-16(24)19-7-6-15(23)22-10-8-21(9-11-22)14-5-4-13(18)12-20-14/h4-5,12H,6-11H2,1-3H3,(H,19,24). The Bertz CT molecular complexity index is 593. The smallest absolute Gasteiger partial charge is 0.407 e. The molecule has 0 atom stereocenters. The number of hydrogen-bond acceptors (Lipinski definition) is 5. The van der Waals surface area contributed by atoms with E-state index in [0.717, 1.165) is 23.4 Å². The van der Waals surface area contributed by atoms with E-state index >= 15 is 0 Å². The lowest BCUT2D eigenvalue weighted by Crippen LogP contribution is -2.49. The molecule has 8 heteroatoms. The van der Waals surface area contributed by atoms with Gasteiger partial charge in [-0.1, -0.05) is 0 Å². The summed E-state index contributed by atoms with van der Waals surface area (Å²) in [4.78, 5) is 32.2. The van der Waals surface area contributed by atoms with Crippen molar-refractivity contribution < 1.29 is 14.3 Å². The minimum Gasteiger partial charge on any atom is -0.444 e. The first-order valence-corrected chi connectivity index (χ1v) is 9.15. The molecule has 2 rings (SSSR count). The van der Waals surface area contributed by atoms with Crippen LogP contribution in [0.3, 0.4) is 0 Å². The van der Waals surface area contributed by atoms with Gasteiger partial charge >= 0.3 is 6.09 Å². The van der Waals surface area contributed by atoms with Crippen molar-refractivity contribution in [2.75, 3.05) is 37.6 Å². The zero-order valence-electron chi connectivity index (χ0n) is 14.9. The second-order valence-corrected chi connectivity index (χ2v) is 7.80. The van der Waals surface area contributed by atoms with Crippen molar-refractivity contribution in [1.82, 2.24) is 15.2 Å². The van der Waals surface area contributed by atoms with E-state index in [2.05, 4.69) is 31.1 Å². The first-order chi connectivity index (χ1) is 11.7. The predicted molar refractivity (Wildman–Crippen MR) is 99.6 cm³/mol. The summed E-state index contributed by atoms with van der Waals surface area (Å²) < 4.78 is 6.09. The van der Waals surface area contributed by atoms with Crippen LogP contribution in [0.1, 0.15) is 27.2 Å². The molecule has 1 aliphatic rings. The van der Waals surface area contributed by atoms with Crippen LogP contribution in [0.2, 0.25) is 0 Å². The van der Waals surface area contributed by atoms with E-state index in [1.807, 2.05) is 17.0 Å². The Kier molecular flexibility index (Phi) is 6.64. The van der Waals surface area contributed by atoms with Crippen molar-refractivity contribution in [3.8, 4) is 0 Å². The summed E-state index contributed by atoms with van der Waals surface area (Å²) in [6.07, 6.45) is 1.55. The molecule has 1 aromatic rings. The van der Waals surface area contributed by atoms with Crippen molar-refractivity contribution in [2.45, 2.75) is 32.8 Å². The molecule has 0 unspecified atom stereocenters. The molecule has 7 nitrogen and oxygen atoms in total. The third-order valence-corrected chi connectivity index (χ3v) is 4.14. The molecular weight excluding hydrogens is 388 g/mol. The fourth-order valence-electron chi connectivity index (χ4n) is 2.48. The SMILES string of the molecule is CC(C)(C)OC(=O)NCCC(=O)N1CCN(c2ccc(Br)cn2)CC1. The molecule has 0 radical (unpaired) electrons. The molecule has 0 saturated carbocycles. The monoisotopic (exact) mass is 412 g/mol. The van der Waals surface area contributed by atoms with E-state index in [4.69, 9.17) is 4.74 Å². The van der Waals surface area contributed by atoms with Gasteiger partial charge in [0.25, 0.3) is 0 Å². The number of nitrogens with one attached hydrogen (secondary N) is 1. The summed E-state index contributed by atoms with van der Waals surface area (Å²) in [5, 5.41) is 2.62. The van der Waals surface area contributed by atoms with Crippen LogP contribution in [0.5, 0.6) is 0 Å². The van der Waals surface area contributed by atoms with E-state index in [9.17, 15) is 9.59 Å². The second-order valence-electron chi connectivity index (χ2n) is 6.88. The number of aromatic nitrogens is 1. The van der Waals surface area contributed by atoms with Crippen LogP contribution in [-0.2, 0) is 9.53 Å². The topological polar surface area (TPSA) is 74.8 Å². The number of amides is 2. The number of alkyl carbamates (subject to hydrolysis) is 1. The minimum atomic E-state index is -0.536. The Morgan fingerprint density at radius 3 is 2.48 bits per heavy atom. The van der Waals surface area contributed by atoms with Crippen LogP contribution in [0.4, 0.5) is 10.6 Å². The molecule has 0 bridgehead atoms. The third-order valence-electron chi connectivity index (χ3n) is 3.68. The summed E-state index contributed by atoms with van der Waals surface area (Å²) in [7, 11) is 0.